The molecule has 0 bridgehead atoms. The van der Waals surface area contributed by atoms with E-state index in [2.05, 4.69) is 19.6 Å². The van der Waals surface area contributed by atoms with Gasteiger partial charge >= 0.3 is 8.80 Å². The molecule has 0 radical (unpaired) electrons. The molecule has 22 heavy (non-hydrogen) atoms. The maximum absolute atomic E-state index is 11.7. The highest BCUT2D eigenvalue weighted by molar-refractivity contribution is 7.81. The van der Waals surface area contributed by atoms with E-state index in [4.69, 9.17) is 13.3 Å². The molecule has 6 heteroatoms. The minimum Gasteiger partial charge on any atom is -0.374 e. The van der Waals surface area contributed by atoms with Crippen molar-refractivity contribution in [3.05, 3.63) is 0 Å². The van der Waals surface area contributed by atoms with Crippen LogP contribution < -0.4 is 0 Å². The second kappa shape index (κ2) is 13.5. The number of carbonyl (C=O) groups is 1. The van der Waals surface area contributed by atoms with Crippen LogP contribution in [0.1, 0.15) is 59.8 Å². The van der Waals surface area contributed by atoms with Gasteiger partial charge in [-0.05, 0) is 40.0 Å². The summed E-state index contributed by atoms with van der Waals surface area (Å²) in [5.74, 6) is 0.797. The summed E-state index contributed by atoms with van der Waals surface area (Å²) >= 11 is 4.09. The summed E-state index contributed by atoms with van der Waals surface area (Å²) in [4.78, 5) is 11.7. The molecule has 0 aliphatic heterocycles. The summed E-state index contributed by atoms with van der Waals surface area (Å²) in [6, 6.07) is 0.861. The maximum Gasteiger partial charge on any atom is 0.500 e. The van der Waals surface area contributed by atoms with Crippen LogP contribution in [0.15, 0.2) is 0 Å². The molecule has 0 saturated heterocycles. The molecule has 0 N–H and O–H groups in total. The van der Waals surface area contributed by atoms with Gasteiger partial charge in [0, 0.05) is 37.5 Å². The average Bonchev–Trinajstić information content (AvgIpc) is 2.51. The van der Waals surface area contributed by atoms with Crippen molar-refractivity contribution in [1.29, 1.82) is 0 Å². The van der Waals surface area contributed by atoms with E-state index in [-0.39, 0.29) is 11.7 Å². The zero-order chi connectivity index (χ0) is 16.8. The van der Waals surface area contributed by atoms with Crippen LogP contribution in [0.3, 0.4) is 0 Å². The Labute approximate surface area is 143 Å². The van der Waals surface area contributed by atoms with Crippen molar-refractivity contribution >= 4 is 27.2 Å². The first-order valence-corrected chi connectivity index (χ1v) is 11.2. The lowest BCUT2D eigenvalue weighted by molar-refractivity contribution is -0.120. The van der Waals surface area contributed by atoms with E-state index < -0.39 is 8.80 Å². The molecule has 0 aromatic carbocycles. The van der Waals surface area contributed by atoms with Crippen LogP contribution in [0.4, 0.5) is 0 Å². The normalized spacial score (nSPS) is 13.3. The van der Waals surface area contributed by atoms with Gasteiger partial charge in [0.2, 0.25) is 0 Å². The molecule has 0 aliphatic rings. The molecule has 0 spiro atoms. The molecule has 0 saturated carbocycles. The Morgan fingerprint density at radius 2 is 1.50 bits per heavy atom. The molecule has 0 aliphatic carbocycles. The van der Waals surface area contributed by atoms with Crippen LogP contribution in [0.2, 0.25) is 6.04 Å². The SMILES string of the molecule is CCO[Si](CCCCCC(CC)C(=O)CS)(OCC)OCC. The molecule has 0 fully saturated rings. The Morgan fingerprint density at radius 3 is 1.91 bits per heavy atom. The lowest BCUT2D eigenvalue weighted by Gasteiger charge is -2.28. The molecule has 0 aromatic rings. The van der Waals surface area contributed by atoms with Gasteiger partial charge in [-0.1, -0.05) is 19.8 Å². The predicted octanol–water partition coefficient (Wildman–Crippen LogP) is 4.12. The maximum atomic E-state index is 11.7. The third-order valence-corrected chi connectivity index (χ3v) is 7.20. The second-order valence-corrected chi connectivity index (χ2v) is 8.36. The van der Waals surface area contributed by atoms with Gasteiger partial charge in [-0.3, -0.25) is 4.79 Å². The van der Waals surface area contributed by atoms with Gasteiger partial charge in [0.15, 0.2) is 0 Å². The van der Waals surface area contributed by atoms with Crippen molar-refractivity contribution in [3.8, 4) is 0 Å². The number of carbonyl (C=O) groups excluding carboxylic acids is 1. The number of unbranched alkanes of at least 4 members (excludes halogenated alkanes) is 2. The summed E-state index contributed by atoms with van der Waals surface area (Å²) in [5.41, 5.74) is 0. The largest absolute Gasteiger partial charge is 0.500 e. The highest BCUT2D eigenvalue weighted by Crippen LogP contribution is 2.22. The van der Waals surface area contributed by atoms with Crippen molar-refractivity contribution in [2.45, 2.75) is 65.8 Å². The van der Waals surface area contributed by atoms with Gasteiger partial charge in [0.05, 0.1) is 0 Å². The van der Waals surface area contributed by atoms with Gasteiger partial charge in [-0.25, -0.2) is 0 Å². The third-order valence-electron chi connectivity index (χ3n) is 3.73. The van der Waals surface area contributed by atoms with Gasteiger partial charge in [0.1, 0.15) is 5.78 Å². The van der Waals surface area contributed by atoms with E-state index >= 15 is 0 Å². The Bertz CT molecular complexity index is 272. The standard InChI is InChI=1S/C16H34O4SSi/c1-5-15(16(17)14-21)12-10-9-11-13-22(18-6-2,19-7-3)20-8-4/h15,21H,5-14H2,1-4H3. The first-order chi connectivity index (χ1) is 10.6. The van der Waals surface area contributed by atoms with Crippen molar-refractivity contribution in [2.24, 2.45) is 5.92 Å². The molecular weight excluding hydrogens is 316 g/mol. The minimum absolute atomic E-state index is 0.171. The van der Waals surface area contributed by atoms with E-state index in [1.807, 2.05) is 20.8 Å². The molecule has 4 nitrogen and oxygen atoms in total. The Kier molecular flexibility index (Phi) is 13.6. The summed E-state index contributed by atoms with van der Waals surface area (Å²) in [5, 5.41) is 0. The second-order valence-electron chi connectivity index (χ2n) is 5.31. The van der Waals surface area contributed by atoms with E-state index in [1.165, 1.54) is 0 Å². The zero-order valence-corrected chi connectivity index (χ0v) is 16.6. The highest BCUT2D eigenvalue weighted by Gasteiger charge is 2.39. The van der Waals surface area contributed by atoms with Crippen LogP contribution in [0.5, 0.6) is 0 Å². The van der Waals surface area contributed by atoms with Crippen molar-refractivity contribution < 1.29 is 18.1 Å². The lowest BCUT2D eigenvalue weighted by atomic mass is 9.95. The number of thiol groups is 1. The average molecular weight is 351 g/mol. The van der Waals surface area contributed by atoms with Crippen LogP contribution in [0, 0.1) is 5.92 Å². The number of Topliss-reactive ketones (excluding diaryl/α,β-unsaturated/α-hetero) is 1. The number of ketones is 1. The molecule has 1 unspecified atom stereocenters. The summed E-state index contributed by atoms with van der Waals surface area (Å²) in [6.45, 7) is 9.89. The van der Waals surface area contributed by atoms with Crippen LogP contribution >= 0.6 is 12.6 Å². The Hall–Kier alpha value is 0.117. The minimum atomic E-state index is -2.49. The van der Waals surface area contributed by atoms with E-state index in [9.17, 15) is 4.79 Å². The fraction of sp³-hybridized carbons (Fsp3) is 0.938. The number of hydrogen-bond acceptors (Lipinski definition) is 5. The quantitative estimate of drug-likeness (QED) is 0.274. The van der Waals surface area contributed by atoms with Gasteiger partial charge in [0.25, 0.3) is 0 Å². The van der Waals surface area contributed by atoms with Crippen LogP contribution in [0.25, 0.3) is 0 Å². The van der Waals surface area contributed by atoms with Gasteiger partial charge < -0.3 is 13.3 Å². The van der Waals surface area contributed by atoms with Crippen molar-refractivity contribution in [3.63, 3.8) is 0 Å². The fourth-order valence-corrected chi connectivity index (χ4v) is 5.58. The van der Waals surface area contributed by atoms with E-state index in [1.54, 1.807) is 0 Å². The van der Waals surface area contributed by atoms with Crippen molar-refractivity contribution in [2.75, 3.05) is 25.6 Å². The highest BCUT2D eigenvalue weighted by atomic mass is 32.1. The molecule has 0 aromatic heterocycles. The summed E-state index contributed by atoms with van der Waals surface area (Å²) < 4.78 is 17.5. The van der Waals surface area contributed by atoms with Crippen LogP contribution in [-0.4, -0.2) is 40.2 Å². The number of hydrogen-bond donors (Lipinski definition) is 1. The first-order valence-electron chi connectivity index (χ1n) is 8.64. The Morgan fingerprint density at radius 1 is 0.955 bits per heavy atom. The first kappa shape index (κ1) is 22.1. The third kappa shape index (κ3) is 8.67. The topological polar surface area (TPSA) is 44.8 Å². The summed E-state index contributed by atoms with van der Waals surface area (Å²) in [7, 11) is -2.49. The lowest BCUT2D eigenvalue weighted by Crippen LogP contribution is -2.45. The molecule has 0 amide bonds. The zero-order valence-electron chi connectivity index (χ0n) is 14.7. The summed E-state index contributed by atoms with van der Waals surface area (Å²) in [6.07, 6.45) is 5.04. The molecule has 1 atom stereocenters. The monoisotopic (exact) mass is 350 g/mol. The smallest absolute Gasteiger partial charge is 0.374 e. The van der Waals surface area contributed by atoms with E-state index in [0.717, 1.165) is 38.1 Å². The molecule has 132 valence electrons. The van der Waals surface area contributed by atoms with Crippen LogP contribution in [-0.2, 0) is 18.1 Å². The molecule has 0 rings (SSSR count). The predicted molar refractivity (Wildman–Crippen MR) is 96.5 cm³/mol. The molecule has 0 heterocycles. The molecular formula is C16H34O4SSi. The fourth-order valence-electron chi connectivity index (χ4n) is 2.63. The van der Waals surface area contributed by atoms with Crippen molar-refractivity contribution in [1.82, 2.24) is 0 Å². The Balaban J connectivity index is 4.18. The van der Waals surface area contributed by atoms with Gasteiger partial charge in [-0.2, -0.15) is 12.6 Å². The number of rotatable bonds is 15. The van der Waals surface area contributed by atoms with Gasteiger partial charge in [-0.15, -0.1) is 0 Å². The van der Waals surface area contributed by atoms with E-state index in [0.29, 0.717) is 25.6 Å².